The van der Waals surface area contributed by atoms with Gasteiger partial charge in [0.2, 0.25) is 11.8 Å². The highest BCUT2D eigenvalue weighted by Crippen LogP contribution is 2.35. The van der Waals surface area contributed by atoms with Gasteiger partial charge in [0.1, 0.15) is 12.0 Å². The minimum absolute atomic E-state index is 0.0210. The topological polar surface area (TPSA) is 64.4 Å². The van der Waals surface area contributed by atoms with Crippen LogP contribution in [0.2, 0.25) is 0 Å². The molecule has 1 unspecified atom stereocenters. The number of benzene rings is 2. The summed E-state index contributed by atoms with van der Waals surface area (Å²) in [5, 5.41) is 3.23. The van der Waals surface area contributed by atoms with Crippen LogP contribution < -0.4 is 10.1 Å². The smallest absolute Gasteiger partial charge is 0.225 e. The summed E-state index contributed by atoms with van der Waals surface area (Å²) in [5.74, 6) is 1.64. The van der Waals surface area contributed by atoms with E-state index in [0.717, 1.165) is 53.0 Å². The van der Waals surface area contributed by atoms with E-state index in [4.69, 9.17) is 9.15 Å². The van der Waals surface area contributed by atoms with E-state index in [0.29, 0.717) is 12.3 Å². The number of rotatable bonds is 10. The number of unbranched alkanes of at least 4 members (excludes halogenated alkanes) is 2. The van der Waals surface area contributed by atoms with Crippen molar-refractivity contribution in [2.75, 3.05) is 12.4 Å². The molecule has 1 N–H and O–H groups in total. The van der Waals surface area contributed by atoms with Crippen LogP contribution in [-0.2, 0) is 10.2 Å². The molecule has 0 aliphatic carbocycles. The zero-order chi connectivity index (χ0) is 25.6. The third kappa shape index (κ3) is 6.74. The van der Waals surface area contributed by atoms with Crippen molar-refractivity contribution in [3.8, 4) is 17.2 Å². The lowest BCUT2D eigenvalue weighted by molar-refractivity contribution is -0.116. The Labute approximate surface area is 210 Å². The summed E-state index contributed by atoms with van der Waals surface area (Å²) in [4.78, 5) is 17.7. The second-order valence-corrected chi connectivity index (χ2v) is 10.5. The van der Waals surface area contributed by atoms with Crippen molar-refractivity contribution in [1.29, 1.82) is 0 Å². The van der Waals surface area contributed by atoms with Gasteiger partial charge >= 0.3 is 0 Å². The van der Waals surface area contributed by atoms with Crippen molar-refractivity contribution in [3.05, 3.63) is 65.0 Å². The number of hydrogen-bond donors (Lipinski definition) is 1. The molecule has 0 fully saturated rings. The highest BCUT2D eigenvalue weighted by Gasteiger charge is 2.23. The van der Waals surface area contributed by atoms with E-state index in [1.165, 1.54) is 12.0 Å². The van der Waals surface area contributed by atoms with Crippen LogP contribution in [0.25, 0.3) is 11.5 Å². The second-order valence-electron chi connectivity index (χ2n) is 10.5. The van der Waals surface area contributed by atoms with Gasteiger partial charge in [0.15, 0.2) is 0 Å². The number of nitrogens with one attached hydrogen (secondary N) is 1. The van der Waals surface area contributed by atoms with Gasteiger partial charge in [0, 0.05) is 17.7 Å². The van der Waals surface area contributed by atoms with Gasteiger partial charge in [-0.3, -0.25) is 4.79 Å². The van der Waals surface area contributed by atoms with Gasteiger partial charge in [-0.15, -0.1) is 0 Å². The third-order valence-electron chi connectivity index (χ3n) is 6.53. The first-order chi connectivity index (χ1) is 16.6. The standard InChI is InChI=1S/C30H40N2O3/c1-8-9-10-11-22(24-16-20(2)28(34-7)21(3)17-24)19-27(33)32-26-18-23(29-31-14-15-35-29)12-13-25(26)30(4,5)6/h12-18,22H,8-11,19H2,1-7H3,(H,32,33). The molecule has 3 rings (SSSR count). The average molecular weight is 477 g/mol. The Bertz CT molecular complexity index is 1100. The number of oxazole rings is 1. The molecule has 35 heavy (non-hydrogen) atoms. The van der Waals surface area contributed by atoms with E-state index >= 15 is 0 Å². The van der Waals surface area contributed by atoms with Gasteiger partial charge < -0.3 is 14.5 Å². The average Bonchev–Trinajstić information content (AvgIpc) is 3.32. The Balaban J connectivity index is 1.88. The van der Waals surface area contributed by atoms with Crippen LogP contribution >= 0.6 is 0 Å². The lowest BCUT2D eigenvalue weighted by atomic mass is 9.84. The van der Waals surface area contributed by atoms with E-state index in [-0.39, 0.29) is 17.2 Å². The van der Waals surface area contributed by atoms with Crippen LogP contribution in [0.5, 0.6) is 5.75 Å². The first-order valence-corrected chi connectivity index (χ1v) is 12.6. The lowest BCUT2D eigenvalue weighted by Crippen LogP contribution is -2.20. The summed E-state index contributed by atoms with van der Waals surface area (Å²) >= 11 is 0. The van der Waals surface area contributed by atoms with Crippen molar-refractivity contribution in [1.82, 2.24) is 4.98 Å². The predicted molar refractivity (Wildman–Crippen MR) is 143 cm³/mol. The maximum Gasteiger partial charge on any atom is 0.225 e. The fourth-order valence-electron chi connectivity index (χ4n) is 4.79. The number of methoxy groups -OCH3 is 1. The van der Waals surface area contributed by atoms with E-state index in [2.05, 4.69) is 70.0 Å². The summed E-state index contributed by atoms with van der Waals surface area (Å²) in [6.45, 7) is 12.8. The van der Waals surface area contributed by atoms with Crippen molar-refractivity contribution in [3.63, 3.8) is 0 Å². The molecule has 0 saturated carbocycles. The number of aromatic nitrogens is 1. The number of aryl methyl sites for hydroxylation is 2. The first-order valence-electron chi connectivity index (χ1n) is 12.6. The number of hydrogen-bond acceptors (Lipinski definition) is 4. The molecule has 2 aromatic carbocycles. The molecule has 0 aliphatic rings. The van der Waals surface area contributed by atoms with Crippen LogP contribution in [0.3, 0.4) is 0 Å². The van der Waals surface area contributed by atoms with Gasteiger partial charge in [-0.2, -0.15) is 0 Å². The van der Waals surface area contributed by atoms with Crippen LogP contribution in [0, 0.1) is 13.8 Å². The highest BCUT2D eigenvalue weighted by atomic mass is 16.5. The molecular formula is C30H40N2O3. The maximum absolute atomic E-state index is 13.4. The second kappa shape index (κ2) is 11.6. The largest absolute Gasteiger partial charge is 0.496 e. The monoisotopic (exact) mass is 476 g/mol. The van der Waals surface area contributed by atoms with Crippen LogP contribution in [0.4, 0.5) is 5.69 Å². The van der Waals surface area contributed by atoms with Crippen molar-refractivity contribution in [2.24, 2.45) is 0 Å². The number of carbonyl (C=O) groups excluding carboxylic acids is 1. The summed E-state index contributed by atoms with van der Waals surface area (Å²) in [6, 6.07) is 10.4. The Kier molecular flexibility index (Phi) is 8.76. The van der Waals surface area contributed by atoms with Crippen LogP contribution in [0.15, 0.2) is 47.2 Å². The van der Waals surface area contributed by atoms with E-state index in [1.807, 2.05) is 12.1 Å². The SMILES string of the molecule is CCCCCC(CC(=O)Nc1cc(-c2ncco2)ccc1C(C)(C)C)c1cc(C)c(OC)c(C)c1. The Morgan fingerprint density at radius 3 is 2.40 bits per heavy atom. The molecule has 0 saturated heterocycles. The van der Waals surface area contributed by atoms with Gasteiger partial charge in [-0.1, -0.05) is 65.2 Å². The molecule has 5 heteroatoms. The summed E-state index contributed by atoms with van der Waals surface area (Å²) in [7, 11) is 1.71. The normalized spacial score (nSPS) is 12.4. The van der Waals surface area contributed by atoms with Crippen molar-refractivity contribution < 1.29 is 13.9 Å². The fourth-order valence-corrected chi connectivity index (χ4v) is 4.79. The molecule has 1 amide bonds. The maximum atomic E-state index is 13.4. The van der Waals surface area contributed by atoms with Gasteiger partial charge in [-0.25, -0.2) is 4.98 Å². The molecule has 5 nitrogen and oxygen atoms in total. The lowest BCUT2D eigenvalue weighted by Gasteiger charge is -2.25. The summed E-state index contributed by atoms with van der Waals surface area (Å²) in [6.07, 6.45) is 8.03. The fraction of sp³-hybridized carbons (Fsp3) is 0.467. The Morgan fingerprint density at radius 2 is 1.83 bits per heavy atom. The number of ether oxygens (including phenoxy) is 1. The predicted octanol–water partition coefficient (Wildman–Crippen LogP) is 7.96. The number of carbonyl (C=O) groups is 1. The molecule has 0 spiro atoms. The molecule has 1 heterocycles. The molecule has 0 aliphatic heterocycles. The number of amides is 1. The Morgan fingerprint density at radius 1 is 1.11 bits per heavy atom. The summed E-state index contributed by atoms with van der Waals surface area (Å²) in [5.41, 5.74) is 6.04. The van der Waals surface area contributed by atoms with Crippen LogP contribution in [0.1, 0.15) is 88.0 Å². The van der Waals surface area contributed by atoms with Crippen molar-refractivity contribution >= 4 is 11.6 Å². The van der Waals surface area contributed by atoms with Gasteiger partial charge in [0.25, 0.3) is 0 Å². The molecule has 3 aromatic rings. The van der Waals surface area contributed by atoms with E-state index in [9.17, 15) is 4.79 Å². The minimum atomic E-state index is -0.123. The van der Waals surface area contributed by atoms with Crippen molar-refractivity contribution in [2.45, 2.75) is 85.0 Å². The zero-order valence-corrected chi connectivity index (χ0v) is 22.3. The molecule has 1 atom stereocenters. The number of anilines is 1. The number of nitrogens with zero attached hydrogens (tertiary/aromatic N) is 1. The molecule has 188 valence electrons. The van der Waals surface area contributed by atoms with Gasteiger partial charge in [-0.05, 0) is 66.0 Å². The first kappa shape index (κ1) is 26.5. The molecule has 0 radical (unpaired) electrons. The van der Waals surface area contributed by atoms with E-state index < -0.39 is 0 Å². The van der Waals surface area contributed by atoms with Gasteiger partial charge in [0.05, 0.1) is 13.3 Å². The quantitative estimate of drug-likeness (QED) is 0.301. The Hall–Kier alpha value is -3.08. The van der Waals surface area contributed by atoms with Crippen LogP contribution in [-0.4, -0.2) is 18.0 Å². The molecule has 1 aromatic heterocycles. The minimum Gasteiger partial charge on any atom is -0.496 e. The third-order valence-corrected chi connectivity index (χ3v) is 6.53. The summed E-state index contributed by atoms with van der Waals surface area (Å²) < 4.78 is 11.1. The molecule has 0 bridgehead atoms. The highest BCUT2D eigenvalue weighted by molar-refractivity contribution is 5.93. The molecular weight excluding hydrogens is 436 g/mol. The zero-order valence-electron chi connectivity index (χ0n) is 22.3. The van der Waals surface area contributed by atoms with E-state index in [1.54, 1.807) is 19.6 Å².